The van der Waals surface area contributed by atoms with Crippen LogP contribution < -0.4 is 0 Å². The van der Waals surface area contributed by atoms with Crippen molar-refractivity contribution >= 4 is 11.9 Å². The summed E-state index contributed by atoms with van der Waals surface area (Å²) < 4.78 is 34.3. The van der Waals surface area contributed by atoms with Crippen molar-refractivity contribution in [2.75, 3.05) is 13.2 Å². The Labute approximate surface area is 124 Å². The second kappa shape index (κ2) is 10.3. The van der Waals surface area contributed by atoms with Gasteiger partial charge in [-0.1, -0.05) is 32.3 Å². The molecule has 0 N–H and O–H groups in total. The van der Waals surface area contributed by atoms with E-state index in [0.717, 1.165) is 32.1 Å². The summed E-state index contributed by atoms with van der Waals surface area (Å²) in [6.45, 7) is 6.02. The molecule has 0 aliphatic rings. The maximum absolute atomic E-state index is 12.5. The number of rotatable bonds is 11. The van der Waals surface area contributed by atoms with E-state index in [1.807, 2.05) is 0 Å². The predicted molar refractivity (Wildman–Crippen MR) is 75.1 cm³/mol. The van der Waals surface area contributed by atoms with E-state index in [0.29, 0.717) is 25.5 Å². The zero-order valence-electron chi connectivity index (χ0n) is 12.8. The van der Waals surface area contributed by atoms with Crippen LogP contribution in [-0.4, -0.2) is 31.1 Å². The average Bonchev–Trinajstić information content (AvgIpc) is 2.38. The Morgan fingerprint density at radius 1 is 0.952 bits per heavy atom. The molecule has 0 aromatic rings. The summed E-state index contributed by atoms with van der Waals surface area (Å²) in [6.07, 6.45) is 4.99. The smallest absolute Gasteiger partial charge is 0.376 e. The van der Waals surface area contributed by atoms with Gasteiger partial charge >= 0.3 is 17.9 Å². The van der Waals surface area contributed by atoms with E-state index < -0.39 is 11.9 Å². The normalized spacial score (nSPS) is 11.0. The number of unbranched alkanes of at least 4 members (excludes halogenated alkanes) is 5. The van der Waals surface area contributed by atoms with Crippen molar-refractivity contribution in [3.05, 3.63) is 12.2 Å². The highest BCUT2D eigenvalue weighted by atomic mass is 19.3. The summed E-state index contributed by atoms with van der Waals surface area (Å²) in [5, 5.41) is 0. The van der Waals surface area contributed by atoms with Gasteiger partial charge in [0.1, 0.15) is 0 Å². The highest BCUT2D eigenvalue weighted by Gasteiger charge is 2.33. The first kappa shape index (κ1) is 19.5. The van der Waals surface area contributed by atoms with Crippen LogP contribution in [-0.2, 0) is 19.1 Å². The molecular weight excluding hydrogens is 282 g/mol. The van der Waals surface area contributed by atoms with Gasteiger partial charge in [-0.2, -0.15) is 8.78 Å². The first-order chi connectivity index (χ1) is 9.75. The predicted octanol–water partition coefficient (Wildman–Crippen LogP) is 3.64. The van der Waals surface area contributed by atoms with Crippen molar-refractivity contribution in [2.45, 2.75) is 58.3 Å². The van der Waals surface area contributed by atoms with E-state index in [1.54, 1.807) is 6.92 Å². The van der Waals surface area contributed by atoms with E-state index in [-0.39, 0.29) is 12.6 Å². The van der Waals surface area contributed by atoms with Gasteiger partial charge in [0.05, 0.1) is 13.2 Å². The van der Waals surface area contributed by atoms with Crippen LogP contribution in [0.2, 0.25) is 0 Å². The Hall–Kier alpha value is -1.46. The molecule has 0 unspecified atom stereocenters. The monoisotopic (exact) mass is 306 g/mol. The summed E-state index contributed by atoms with van der Waals surface area (Å²) in [5.74, 6) is -5.26. The number of hydrogen-bond acceptors (Lipinski definition) is 4. The molecule has 0 rings (SSSR count). The van der Waals surface area contributed by atoms with E-state index in [2.05, 4.69) is 11.3 Å². The lowest BCUT2D eigenvalue weighted by Gasteiger charge is -2.09. The fraction of sp³-hybridized carbons (Fsp3) is 0.733. The Balaban J connectivity index is 3.32. The van der Waals surface area contributed by atoms with Crippen molar-refractivity contribution in [1.82, 2.24) is 0 Å². The molecule has 21 heavy (non-hydrogen) atoms. The fourth-order valence-electron chi connectivity index (χ4n) is 1.49. The third-order valence-corrected chi connectivity index (χ3v) is 2.71. The highest BCUT2D eigenvalue weighted by molar-refractivity contribution is 5.86. The molecule has 0 atom stereocenters. The van der Waals surface area contributed by atoms with Gasteiger partial charge in [0.2, 0.25) is 0 Å². The van der Waals surface area contributed by atoms with Crippen molar-refractivity contribution in [2.24, 2.45) is 0 Å². The molecule has 0 saturated heterocycles. The Kier molecular flexibility index (Phi) is 9.58. The molecule has 0 bridgehead atoms. The molecule has 4 nitrogen and oxygen atoms in total. The molecule has 0 heterocycles. The lowest BCUT2D eigenvalue weighted by Crippen LogP contribution is -2.27. The number of hydrogen-bond donors (Lipinski definition) is 0. The third kappa shape index (κ3) is 10.9. The molecule has 0 amide bonds. The Bertz CT molecular complexity index is 348. The maximum atomic E-state index is 12.5. The third-order valence-electron chi connectivity index (χ3n) is 2.71. The van der Waals surface area contributed by atoms with Gasteiger partial charge in [0.25, 0.3) is 0 Å². The van der Waals surface area contributed by atoms with Gasteiger partial charge in [-0.25, -0.2) is 9.59 Å². The van der Waals surface area contributed by atoms with Crippen LogP contribution >= 0.6 is 0 Å². The van der Waals surface area contributed by atoms with Crippen LogP contribution in [0.1, 0.15) is 52.4 Å². The highest BCUT2D eigenvalue weighted by Crippen LogP contribution is 2.14. The lowest BCUT2D eigenvalue weighted by atomic mass is 10.1. The van der Waals surface area contributed by atoms with E-state index >= 15 is 0 Å². The first-order valence-electron chi connectivity index (χ1n) is 7.13. The number of carbonyl (C=O) groups is 2. The molecule has 0 aliphatic heterocycles. The van der Waals surface area contributed by atoms with Crippen LogP contribution in [0.15, 0.2) is 12.2 Å². The average molecular weight is 306 g/mol. The van der Waals surface area contributed by atoms with E-state index in [4.69, 9.17) is 4.74 Å². The fourth-order valence-corrected chi connectivity index (χ4v) is 1.49. The molecule has 0 aromatic carbocycles. The van der Waals surface area contributed by atoms with Crippen molar-refractivity contribution < 1.29 is 27.8 Å². The molecule has 0 radical (unpaired) electrons. The molecule has 0 fully saturated rings. The Morgan fingerprint density at radius 2 is 1.38 bits per heavy atom. The van der Waals surface area contributed by atoms with Crippen LogP contribution in [0, 0.1) is 0 Å². The molecule has 122 valence electrons. The van der Waals surface area contributed by atoms with Crippen molar-refractivity contribution in [3.63, 3.8) is 0 Å². The summed E-state index contributed by atoms with van der Waals surface area (Å²) >= 11 is 0. The summed E-state index contributed by atoms with van der Waals surface area (Å²) in [5.41, 5.74) is 0.391. The number of ether oxygens (including phenoxy) is 2. The zero-order chi connectivity index (χ0) is 16.3. The molecule has 6 heteroatoms. The summed E-state index contributed by atoms with van der Waals surface area (Å²) in [7, 11) is 0. The SMILES string of the molecule is C=C(C)C(=O)OCCCCCCCCOC(=O)C(C)(F)F. The molecule has 0 aromatic heterocycles. The lowest BCUT2D eigenvalue weighted by molar-refractivity contribution is -0.169. The largest absolute Gasteiger partial charge is 0.462 e. The summed E-state index contributed by atoms with van der Waals surface area (Å²) in [6, 6.07) is 0. The molecular formula is C15H24F2O4. The maximum Gasteiger partial charge on any atom is 0.376 e. The zero-order valence-corrected chi connectivity index (χ0v) is 12.8. The number of halogens is 2. The van der Waals surface area contributed by atoms with E-state index in [9.17, 15) is 18.4 Å². The standard InChI is InChI=1S/C15H24F2O4/c1-12(2)13(18)20-10-8-6-4-5-7-9-11-21-14(19)15(3,16)17/h1,4-11H2,2-3H3. The Morgan fingerprint density at radius 3 is 1.81 bits per heavy atom. The number of carbonyl (C=O) groups excluding carboxylic acids is 2. The van der Waals surface area contributed by atoms with Crippen LogP contribution in [0.5, 0.6) is 0 Å². The number of esters is 2. The van der Waals surface area contributed by atoms with E-state index in [1.165, 1.54) is 0 Å². The van der Waals surface area contributed by atoms with Gasteiger partial charge < -0.3 is 9.47 Å². The first-order valence-corrected chi connectivity index (χ1v) is 7.13. The number of alkyl halides is 2. The topological polar surface area (TPSA) is 52.6 Å². The van der Waals surface area contributed by atoms with Gasteiger partial charge in [0.15, 0.2) is 0 Å². The van der Waals surface area contributed by atoms with Crippen molar-refractivity contribution in [1.29, 1.82) is 0 Å². The molecule has 0 spiro atoms. The minimum Gasteiger partial charge on any atom is -0.462 e. The minimum atomic E-state index is -3.42. The van der Waals surface area contributed by atoms with Gasteiger partial charge in [-0.05, 0) is 19.8 Å². The van der Waals surface area contributed by atoms with Gasteiger partial charge in [-0.15, -0.1) is 0 Å². The van der Waals surface area contributed by atoms with Crippen LogP contribution in [0.3, 0.4) is 0 Å². The van der Waals surface area contributed by atoms with Gasteiger partial charge in [-0.3, -0.25) is 0 Å². The van der Waals surface area contributed by atoms with Crippen molar-refractivity contribution in [3.8, 4) is 0 Å². The second-order valence-corrected chi connectivity index (χ2v) is 5.06. The molecule has 0 aliphatic carbocycles. The van der Waals surface area contributed by atoms with Crippen LogP contribution in [0.4, 0.5) is 8.78 Å². The molecule has 0 saturated carbocycles. The minimum absolute atomic E-state index is 0.0263. The summed E-state index contributed by atoms with van der Waals surface area (Å²) in [4.78, 5) is 21.8. The van der Waals surface area contributed by atoms with Crippen LogP contribution in [0.25, 0.3) is 0 Å². The second-order valence-electron chi connectivity index (χ2n) is 5.06. The quantitative estimate of drug-likeness (QED) is 0.332. The van der Waals surface area contributed by atoms with Gasteiger partial charge in [0, 0.05) is 12.5 Å².